The van der Waals surface area contributed by atoms with Gasteiger partial charge in [-0.05, 0) is 56.9 Å². The lowest BCUT2D eigenvalue weighted by atomic mass is 9.91. The topological polar surface area (TPSA) is 59.6 Å². The number of hydrogen-bond acceptors (Lipinski definition) is 4. The van der Waals surface area contributed by atoms with Gasteiger partial charge < -0.3 is 14.8 Å². The van der Waals surface area contributed by atoms with Crippen LogP contribution in [0.5, 0.6) is 0 Å². The second-order valence-corrected chi connectivity index (χ2v) is 7.06. The van der Waals surface area contributed by atoms with Crippen LogP contribution in [-0.2, 0) is 21.4 Å². The molecule has 5 nitrogen and oxygen atoms in total. The molecular weight excluding hydrogens is 280 g/mol. The fourth-order valence-electron chi connectivity index (χ4n) is 3.22. The first kappa shape index (κ1) is 15.3. The second kappa shape index (κ2) is 5.56. The number of carbonyl (C=O) groups excluding carboxylic acids is 1. The van der Waals surface area contributed by atoms with Crippen molar-refractivity contribution in [1.82, 2.24) is 5.32 Å². The summed E-state index contributed by atoms with van der Waals surface area (Å²) in [6, 6.07) is 6.08. The van der Waals surface area contributed by atoms with Crippen molar-refractivity contribution >= 4 is 11.8 Å². The largest absolute Gasteiger partial charge is 0.444 e. The maximum absolute atomic E-state index is 11.9. The van der Waals surface area contributed by atoms with Crippen LogP contribution < -0.4 is 10.6 Å². The molecule has 22 heavy (non-hydrogen) atoms. The number of rotatable bonds is 1. The average molecular weight is 304 g/mol. The van der Waals surface area contributed by atoms with Gasteiger partial charge in [0.15, 0.2) is 0 Å². The standard InChI is InChI=1S/C17H24N2O3/c1-16(2,3)22-15(20)19-13-5-4-12-6-7-17(14(12)10-13)11-21-9-8-18-17/h4-5,10,18H,6-9,11H2,1-3H3,(H,19,20)/t17-/m1/s1. The molecule has 120 valence electrons. The van der Waals surface area contributed by atoms with E-state index in [1.54, 1.807) is 0 Å². The van der Waals surface area contributed by atoms with Crippen LogP contribution in [0.4, 0.5) is 10.5 Å². The molecule has 1 aromatic rings. The van der Waals surface area contributed by atoms with Crippen molar-refractivity contribution in [3.05, 3.63) is 29.3 Å². The van der Waals surface area contributed by atoms with Crippen LogP contribution in [0, 0.1) is 0 Å². The van der Waals surface area contributed by atoms with Crippen LogP contribution >= 0.6 is 0 Å². The predicted octanol–water partition coefficient (Wildman–Crippen LogP) is 2.79. The van der Waals surface area contributed by atoms with Crippen molar-refractivity contribution in [3.63, 3.8) is 0 Å². The van der Waals surface area contributed by atoms with E-state index < -0.39 is 11.7 Å². The van der Waals surface area contributed by atoms with Gasteiger partial charge in [0.1, 0.15) is 5.60 Å². The molecule has 1 fully saturated rings. The van der Waals surface area contributed by atoms with Crippen LogP contribution in [0.2, 0.25) is 0 Å². The number of aryl methyl sites for hydroxylation is 1. The summed E-state index contributed by atoms with van der Waals surface area (Å²) in [7, 11) is 0. The van der Waals surface area contributed by atoms with E-state index in [1.807, 2.05) is 32.9 Å². The number of hydrogen-bond donors (Lipinski definition) is 2. The fraction of sp³-hybridized carbons (Fsp3) is 0.588. The van der Waals surface area contributed by atoms with Crippen LogP contribution in [0.1, 0.15) is 38.3 Å². The van der Waals surface area contributed by atoms with Crippen LogP contribution in [0.3, 0.4) is 0 Å². The maximum atomic E-state index is 11.9. The van der Waals surface area contributed by atoms with E-state index in [4.69, 9.17) is 9.47 Å². The summed E-state index contributed by atoms with van der Waals surface area (Å²) in [4.78, 5) is 11.9. The predicted molar refractivity (Wildman–Crippen MR) is 85.1 cm³/mol. The van der Waals surface area contributed by atoms with Gasteiger partial charge in [-0.15, -0.1) is 0 Å². The Balaban J connectivity index is 1.79. The Morgan fingerprint density at radius 1 is 1.41 bits per heavy atom. The quantitative estimate of drug-likeness (QED) is 0.837. The Morgan fingerprint density at radius 3 is 2.91 bits per heavy atom. The molecule has 1 aromatic carbocycles. The highest BCUT2D eigenvalue weighted by Crippen LogP contribution is 2.39. The fourth-order valence-corrected chi connectivity index (χ4v) is 3.22. The molecule has 0 aromatic heterocycles. The monoisotopic (exact) mass is 304 g/mol. The minimum atomic E-state index is -0.499. The molecule has 5 heteroatoms. The van der Waals surface area contributed by atoms with Crippen LogP contribution in [0.15, 0.2) is 18.2 Å². The van der Waals surface area contributed by atoms with Gasteiger partial charge in [0, 0.05) is 12.2 Å². The van der Waals surface area contributed by atoms with Crippen LogP contribution in [0.25, 0.3) is 0 Å². The molecule has 1 spiro atoms. The van der Waals surface area contributed by atoms with Gasteiger partial charge in [0.2, 0.25) is 0 Å². The lowest BCUT2D eigenvalue weighted by Crippen LogP contribution is -2.50. The van der Waals surface area contributed by atoms with E-state index in [2.05, 4.69) is 16.7 Å². The normalized spacial score (nSPS) is 24.1. The first-order chi connectivity index (χ1) is 10.4. The summed E-state index contributed by atoms with van der Waals surface area (Å²) in [6.45, 7) is 7.88. The molecule has 2 N–H and O–H groups in total. The lowest BCUT2D eigenvalue weighted by Gasteiger charge is -2.35. The number of fused-ring (bicyclic) bond motifs is 2. The van der Waals surface area contributed by atoms with Gasteiger partial charge in [0.05, 0.1) is 18.8 Å². The SMILES string of the molecule is CC(C)(C)OC(=O)Nc1ccc2c(c1)[C@@]1(CC2)COCCN1. The number of carbonyl (C=O) groups is 1. The summed E-state index contributed by atoms with van der Waals surface area (Å²) in [5.41, 5.74) is 2.73. The summed E-state index contributed by atoms with van der Waals surface area (Å²) in [5, 5.41) is 6.42. The highest BCUT2D eigenvalue weighted by atomic mass is 16.6. The number of morpholine rings is 1. The molecule has 0 saturated carbocycles. The smallest absolute Gasteiger partial charge is 0.412 e. The van der Waals surface area contributed by atoms with E-state index in [0.29, 0.717) is 6.61 Å². The number of benzene rings is 1. The van der Waals surface area contributed by atoms with Gasteiger partial charge >= 0.3 is 6.09 Å². The molecule has 3 rings (SSSR count). The molecule has 0 unspecified atom stereocenters. The summed E-state index contributed by atoms with van der Waals surface area (Å²) in [6.07, 6.45) is 1.66. The minimum absolute atomic E-state index is 0.0980. The van der Waals surface area contributed by atoms with Crippen molar-refractivity contribution < 1.29 is 14.3 Å². The summed E-state index contributed by atoms with van der Waals surface area (Å²) >= 11 is 0. The van der Waals surface area contributed by atoms with Crippen molar-refractivity contribution in [2.45, 2.75) is 44.8 Å². The van der Waals surface area contributed by atoms with Gasteiger partial charge in [-0.25, -0.2) is 4.79 Å². The van der Waals surface area contributed by atoms with E-state index in [1.165, 1.54) is 11.1 Å². The summed E-state index contributed by atoms with van der Waals surface area (Å²) in [5.74, 6) is 0. The number of ether oxygens (including phenoxy) is 2. The Labute approximate surface area is 131 Å². The van der Waals surface area contributed by atoms with Crippen LogP contribution in [-0.4, -0.2) is 31.5 Å². The molecule has 2 aliphatic rings. The molecule has 0 bridgehead atoms. The van der Waals surface area contributed by atoms with Gasteiger partial charge in [-0.3, -0.25) is 5.32 Å². The van der Waals surface area contributed by atoms with E-state index in [-0.39, 0.29) is 5.54 Å². The third-order valence-corrected chi connectivity index (χ3v) is 4.15. The summed E-state index contributed by atoms with van der Waals surface area (Å²) < 4.78 is 11.0. The highest BCUT2D eigenvalue weighted by molar-refractivity contribution is 5.85. The molecule has 0 radical (unpaired) electrons. The van der Waals surface area contributed by atoms with Gasteiger partial charge in [-0.2, -0.15) is 0 Å². The third-order valence-electron chi connectivity index (χ3n) is 4.15. The van der Waals surface area contributed by atoms with E-state index in [0.717, 1.165) is 31.7 Å². The zero-order valence-electron chi connectivity index (χ0n) is 13.5. The van der Waals surface area contributed by atoms with Gasteiger partial charge in [0.25, 0.3) is 0 Å². The van der Waals surface area contributed by atoms with Gasteiger partial charge in [-0.1, -0.05) is 6.07 Å². The molecule has 1 atom stereocenters. The Hall–Kier alpha value is -1.59. The van der Waals surface area contributed by atoms with Crippen molar-refractivity contribution in [1.29, 1.82) is 0 Å². The zero-order chi connectivity index (χ0) is 15.8. The number of nitrogens with one attached hydrogen (secondary N) is 2. The first-order valence-corrected chi connectivity index (χ1v) is 7.84. The third kappa shape index (κ3) is 3.10. The Kier molecular flexibility index (Phi) is 3.87. The Morgan fingerprint density at radius 2 is 2.23 bits per heavy atom. The first-order valence-electron chi connectivity index (χ1n) is 7.84. The number of amides is 1. The lowest BCUT2D eigenvalue weighted by molar-refractivity contribution is 0.0260. The Bertz CT molecular complexity index is 566. The highest BCUT2D eigenvalue weighted by Gasteiger charge is 2.40. The zero-order valence-corrected chi connectivity index (χ0v) is 13.5. The van der Waals surface area contributed by atoms with Crippen molar-refractivity contribution in [2.24, 2.45) is 0 Å². The molecular formula is C17H24N2O3. The minimum Gasteiger partial charge on any atom is -0.444 e. The molecule has 1 saturated heterocycles. The second-order valence-electron chi connectivity index (χ2n) is 7.06. The van der Waals surface area contributed by atoms with Crippen molar-refractivity contribution in [2.75, 3.05) is 25.1 Å². The number of anilines is 1. The maximum Gasteiger partial charge on any atom is 0.412 e. The van der Waals surface area contributed by atoms with E-state index in [9.17, 15) is 4.79 Å². The molecule has 1 aliphatic carbocycles. The molecule has 1 amide bonds. The van der Waals surface area contributed by atoms with Crippen molar-refractivity contribution in [3.8, 4) is 0 Å². The molecule has 1 aliphatic heterocycles. The van der Waals surface area contributed by atoms with E-state index >= 15 is 0 Å². The molecule has 1 heterocycles. The average Bonchev–Trinajstić information content (AvgIpc) is 2.76.